The fraction of sp³-hybridized carbons (Fsp3) is 0.750. The zero-order chi connectivity index (χ0) is 8.27. The summed E-state index contributed by atoms with van der Waals surface area (Å²) in [5.41, 5.74) is 6.48. The fourth-order valence-electron chi connectivity index (χ4n) is 1.34. The van der Waals surface area contributed by atoms with Crippen LogP contribution in [0.25, 0.3) is 0 Å². The fourth-order valence-corrected chi connectivity index (χ4v) is 1.34. The van der Waals surface area contributed by atoms with Crippen molar-refractivity contribution in [1.29, 1.82) is 0 Å². The Bertz CT molecular complexity index is 141. The molecule has 11 heavy (non-hydrogen) atoms. The van der Waals surface area contributed by atoms with Crippen LogP contribution in [0.2, 0.25) is 0 Å². The van der Waals surface area contributed by atoms with Crippen molar-refractivity contribution in [2.75, 3.05) is 19.7 Å². The summed E-state index contributed by atoms with van der Waals surface area (Å²) >= 11 is 0. The highest BCUT2D eigenvalue weighted by molar-refractivity contribution is 5.04. The van der Waals surface area contributed by atoms with Crippen LogP contribution in [-0.4, -0.2) is 35.7 Å². The molecule has 3 nitrogen and oxygen atoms in total. The lowest BCUT2D eigenvalue weighted by Crippen LogP contribution is -2.35. The van der Waals surface area contributed by atoms with Gasteiger partial charge in [0.2, 0.25) is 0 Å². The second kappa shape index (κ2) is 3.74. The van der Waals surface area contributed by atoms with E-state index in [1.807, 2.05) is 0 Å². The van der Waals surface area contributed by atoms with Gasteiger partial charge in [0.25, 0.3) is 0 Å². The Morgan fingerprint density at radius 1 is 1.55 bits per heavy atom. The molecule has 0 aromatic heterocycles. The Morgan fingerprint density at radius 2 is 2.09 bits per heavy atom. The largest absolute Gasteiger partial charge is 0.394 e. The molecule has 1 aliphatic rings. The first kappa shape index (κ1) is 8.56. The Morgan fingerprint density at radius 3 is 2.55 bits per heavy atom. The Balaban J connectivity index is 2.39. The summed E-state index contributed by atoms with van der Waals surface area (Å²) in [5, 5.41) is 8.75. The van der Waals surface area contributed by atoms with Crippen molar-refractivity contribution < 1.29 is 5.11 Å². The van der Waals surface area contributed by atoms with Gasteiger partial charge < -0.3 is 15.7 Å². The smallest absolute Gasteiger partial charge is 0.0675 e. The van der Waals surface area contributed by atoms with E-state index >= 15 is 0 Å². The van der Waals surface area contributed by atoms with E-state index in [4.69, 9.17) is 10.8 Å². The van der Waals surface area contributed by atoms with Gasteiger partial charge in [-0.1, -0.05) is 6.58 Å². The van der Waals surface area contributed by atoms with E-state index in [1.54, 1.807) is 0 Å². The van der Waals surface area contributed by atoms with E-state index < -0.39 is 0 Å². The maximum absolute atomic E-state index is 8.75. The summed E-state index contributed by atoms with van der Waals surface area (Å²) in [6.45, 7) is 5.94. The number of hydrogen-bond donors (Lipinski definition) is 2. The van der Waals surface area contributed by atoms with E-state index in [2.05, 4.69) is 11.5 Å². The highest BCUT2D eigenvalue weighted by atomic mass is 16.3. The van der Waals surface area contributed by atoms with Crippen LogP contribution < -0.4 is 5.73 Å². The lowest BCUT2D eigenvalue weighted by atomic mass is 10.2. The monoisotopic (exact) mass is 156 g/mol. The van der Waals surface area contributed by atoms with Gasteiger partial charge in [-0.15, -0.1) is 0 Å². The second-order valence-electron chi connectivity index (χ2n) is 2.97. The molecule has 0 radical (unpaired) electrons. The Kier molecular flexibility index (Phi) is 2.91. The van der Waals surface area contributed by atoms with Crippen LogP contribution in [-0.2, 0) is 0 Å². The van der Waals surface area contributed by atoms with Gasteiger partial charge in [0.15, 0.2) is 0 Å². The molecule has 0 aromatic carbocycles. The minimum atomic E-state index is -0.270. The first-order valence-electron chi connectivity index (χ1n) is 4.06. The standard InChI is InChI=1S/C8H16N2O/c1-7(8(9)6-11)10-4-2-3-5-10/h8,11H,1-6,9H2. The molecule has 0 bridgehead atoms. The molecule has 0 spiro atoms. The molecule has 3 N–H and O–H groups in total. The van der Waals surface area contributed by atoms with Gasteiger partial charge in [0, 0.05) is 18.8 Å². The maximum atomic E-state index is 8.75. The van der Waals surface area contributed by atoms with Crippen molar-refractivity contribution in [3.63, 3.8) is 0 Å². The Labute approximate surface area is 67.5 Å². The molecule has 1 rings (SSSR count). The number of likely N-dealkylation sites (tertiary alicyclic amines) is 1. The molecule has 1 saturated heterocycles. The molecule has 64 valence electrons. The highest BCUT2D eigenvalue weighted by Crippen LogP contribution is 2.14. The van der Waals surface area contributed by atoms with Crippen LogP contribution in [0.3, 0.4) is 0 Å². The van der Waals surface area contributed by atoms with E-state index in [0.29, 0.717) is 0 Å². The summed E-state index contributed by atoms with van der Waals surface area (Å²) in [5.74, 6) is 0. The van der Waals surface area contributed by atoms with Crippen LogP contribution in [0.15, 0.2) is 12.3 Å². The number of hydrogen-bond acceptors (Lipinski definition) is 3. The van der Waals surface area contributed by atoms with Crippen LogP contribution in [0.4, 0.5) is 0 Å². The van der Waals surface area contributed by atoms with Gasteiger partial charge in [-0.2, -0.15) is 0 Å². The van der Waals surface area contributed by atoms with Crippen molar-refractivity contribution in [3.8, 4) is 0 Å². The van der Waals surface area contributed by atoms with E-state index in [0.717, 1.165) is 18.8 Å². The molecule has 1 unspecified atom stereocenters. The van der Waals surface area contributed by atoms with E-state index in [1.165, 1.54) is 12.8 Å². The molecule has 0 saturated carbocycles. The number of nitrogens with zero attached hydrogens (tertiary/aromatic N) is 1. The van der Waals surface area contributed by atoms with Gasteiger partial charge >= 0.3 is 0 Å². The molecular formula is C8H16N2O. The molecule has 1 aliphatic heterocycles. The molecule has 1 atom stereocenters. The average Bonchev–Trinajstić information content (AvgIpc) is 2.53. The molecule has 3 heteroatoms. The number of rotatable bonds is 3. The van der Waals surface area contributed by atoms with Crippen molar-refractivity contribution in [1.82, 2.24) is 4.90 Å². The van der Waals surface area contributed by atoms with Gasteiger partial charge in [0.05, 0.1) is 12.6 Å². The SMILES string of the molecule is C=C(C(N)CO)N1CCCC1. The lowest BCUT2D eigenvalue weighted by Gasteiger charge is -2.23. The summed E-state index contributed by atoms with van der Waals surface area (Å²) < 4.78 is 0. The second-order valence-corrected chi connectivity index (χ2v) is 2.97. The predicted octanol–water partition coefficient (Wildman–Crippen LogP) is -0.0845. The molecule has 0 aliphatic carbocycles. The number of aliphatic hydroxyl groups is 1. The van der Waals surface area contributed by atoms with Crippen molar-refractivity contribution in [2.45, 2.75) is 18.9 Å². The molecule has 0 amide bonds. The molecule has 1 fully saturated rings. The lowest BCUT2D eigenvalue weighted by molar-refractivity contribution is 0.256. The van der Waals surface area contributed by atoms with Crippen LogP contribution in [0.5, 0.6) is 0 Å². The third-order valence-corrected chi connectivity index (χ3v) is 2.14. The first-order valence-corrected chi connectivity index (χ1v) is 4.06. The summed E-state index contributed by atoms with van der Waals surface area (Å²) in [6.07, 6.45) is 2.44. The van der Waals surface area contributed by atoms with Crippen molar-refractivity contribution in [3.05, 3.63) is 12.3 Å². The Hall–Kier alpha value is -0.540. The van der Waals surface area contributed by atoms with E-state index in [-0.39, 0.29) is 12.6 Å². The van der Waals surface area contributed by atoms with Gasteiger partial charge in [0.1, 0.15) is 0 Å². The zero-order valence-electron chi connectivity index (χ0n) is 6.79. The van der Waals surface area contributed by atoms with Crippen LogP contribution in [0.1, 0.15) is 12.8 Å². The third-order valence-electron chi connectivity index (χ3n) is 2.14. The van der Waals surface area contributed by atoms with Crippen LogP contribution >= 0.6 is 0 Å². The minimum Gasteiger partial charge on any atom is -0.394 e. The zero-order valence-corrected chi connectivity index (χ0v) is 6.79. The highest BCUT2D eigenvalue weighted by Gasteiger charge is 2.17. The van der Waals surface area contributed by atoms with E-state index in [9.17, 15) is 0 Å². The summed E-state index contributed by atoms with van der Waals surface area (Å²) in [4.78, 5) is 2.15. The first-order chi connectivity index (χ1) is 5.25. The average molecular weight is 156 g/mol. The van der Waals surface area contributed by atoms with Crippen molar-refractivity contribution in [2.24, 2.45) is 5.73 Å². The van der Waals surface area contributed by atoms with Gasteiger partial charge in [-0.05, 0) is 12.8 Å². The third kappa shape index (κ3) is 1.94. The predicted molar refractivity (Wildman–Crippen MR) is 45.0 cm³/mol. The topological polar surface area (TPSA) is 49.5 Å². The van der Waals surface area contributed by atoms with Crippen molar-refractivity contribution >= 4 is 0 Å². The van der Waals surface area contributed by atoms with Gasteiger partial charge in [-0.25, -0.2) is 0 Å². The summed E-state index contributed by atoms with van der Waals surface area (Å²) in [7, 11) is 0. The van der Waals surface area contributed by atoms with Gasteiger partial charge in [-0.3, -0.25) is 0 Å². The quantitative estimate of drug-likeness (QED) is 0.600. The minimum absolute atomic E-state index is 0.00463. The molecule has 1 heterocycles. The maximum Gasteiger partial charge on any atom is 0.0675 e. The summed E-state index contributed by atoms with van der Waals surface area (Å²) in [6, 6.07) is -0.270. The molecular weight excluding hydrogens is 140 g/mol. The molecule has 0 aromatic rings. The normalized spacial score (nSPS) is 20.4. The van der Waals surface area contributed by atoms with Crippen LogP contribution in [0, 0.1) is 0 Å². The number of aliphatic hydroxyl groups excluding tert-OH is 1. The number of nitrogens with two attached hydrogens (primary N) is 1.